The van der Waals surface area contributed by atoms with Crippen LogP contribution in [0.2, 0.25) is 0 Å². The highest BCUT2D eigenvalue weighted by molar-refractivity contribution is 7.89. The van der Waals surface area contributed by atoms with Gasteiger partial charge in [-0.3, -0.25) is 0 Å². The molecule has 4 nitrogen and oxygen atoms in total. The summed E-state index contributed by atoms with van der Waals surface area (Å²) in [6.45, 7) is 1.74. The van der Waals surface area contributed by atoms with Gasteiger partial charge in [0.2, 0.25) is 10.0 Å². The van der Waals surface area contributed by atoms with Crippen molar-refractivity contribution in [2.24, 2.45) is 5.92 Å². The number of hydrogen-bond acceptors (Lipinski definition) is 3. The second-order valence-corrected chi connectivity index (χ2v) is 7.52. The van der Waals surface area contributed by atoms with Crippen molar-refractivity contribution in [1.82, 2.24) is 9.62 Å². The standard InChI is InChI=1S/C12H24N2O2S/c1-14(12-7-8-13-9-12)17(15,16)10-11-5-3-2-4-6-11/h11-13H,2-10H2,1H3. The molecule has 2 aliphatic rings. The number of nitrogens with one attached hydrogen (secondary N) is 1. The molecule has 1 heterocycles. The van der Waals surface area contributed by atoms with E-state index in [1.54, 1.807) is 11.4 Å². The highest BCUT2D eigenvalue weighted by Gasteiger charge is 2.30. The first-order chi connectivity index (χ1) is 8.09. The molecule has 0 amide bonds. The normalized spacial score (nSPS) is 27.8. The van der Waals surface area contributed by atoms with Crippen LogP contribution in [0.3, 0.4) is 0 Å². The molecule has 0 aromatic heterocycles. The molecule has 1 aliphatic heterocycles. The Labute approximate surface area is 105 Å². The fourth-order valence-electron chi connectivity index (χ4n) is 2.95. The van der Waals surface area contributed by atoms with Crippen LogP contribution in [0.1, 0.15) is 38.5 Å². The molecule has 1 N–H and O–H groups in total. The summed E-state index contributed by atoms with van der Waals surface area (Å²) in [5.74, 6) is 0.755. The summed E-state index contributed by atoms with van der Waals surface area (Å²) in [6.07, 6.45) is 6.81. The van der Waals surface area contributed by atoms with E-state index >= 15 is 0 Å². The second kappa shape index (κ2) is 5.67. The zero-order chi connectivity index (χ0) is 12.3. The zero-order valence-electron chi connectivity index (χ0n) is 10.7. The maximum atomic E-state index is 12.3. The number of nitrogens with zero attached hydrogens (tertiary/aromatic N) is 1. The molecule has 0 spiro atoms. The van der Waals surface area contributed by atoms with Gasteiger partial charge in [-0.15, -0.1) is 0 Å². The first kappa shape index (κ1) is 13.3. The van der Waals surface area contributed by atoms with Gasteiger partial charge in [-0.2, -0.15) is 0 Å². The van der Waals surface area contributed by atoms with E-state index in [1.807, 2.05) is 0 Å². The van der Waals surface area contributed by atoms with Crippen LogP contribution in [0.15, 0.2) is 0 Å². The molecule has 1 saturated heterocycles. The third-order valence-electron chi connectivity index (χ3n) is 4.16. The van der Waals surface area contributed by atoms with Gasteiger partial charge in [-0.25, -0.2) is 12.7 Å². The van der Waals surface area contributed by atoms with Crippen molar-refractivity contribution in [3.8, 4) is 0 Å². The fourth-order valence-corrected chi connectivity index (χ4v) is 4.74. The van der Waals surface area contributed by atoms with Crippen LogP contribution in [0.4, 0.5) is 0 Å². The van der Waals surface area contributed by atoms with Gasteiger partial charge in [-0.1, -0.05) is 19.3 Å². The smallest absolute Gasteiger partial charge is 0.214 e. The van der Waals surface area contributed by atoms with Crippen molar-refractivity contribution in [3.05, 3.63) is 0 Å². The minimum Gasteiger partial charge on any atom is -0.315 e. The molecule has 17 heavy (non-hydrogen) atoms. The van der Waals surface area contributed by atoms with Crippen LogP contribution in [-0.2, 0) is 10.0 Å². The van der Waals surface area contributed by atoms with Gasteiger partial charge in [0.15, 0.2) is 0 Å². The van der Waals surface area contributed by atoms with Gasteiger partial charge in [0.25, 0.3) is 0 Å². The third kappa shape index (κ3) is 3.42. The van der Waals surface area contributed by atoms with E-state index in [0.717, 1.165) is 32.4 Å². The van der Waals surface area contributed by atoms with E-state index in [-0.39, 0.29) is 6.04 Å². The lowest BCUT2D eigenvalue weighted by Gasteiger charge is -2.27. The average Bonchev–Trinajstić information content (AvgIpc) is 2.82. The topological polar surface area (TPSA) is 49.4 Å². The third-order valence-corrected chi connectivity index (χ3v) is 6.23. The van der Waals surface area contributed by atoms with Gasteiger partial charge in [0, 0.05) is 19.6 Å². The van der Waals surface area contributed by atoms with E-state index in [2.05, 4.69) is 5.32 Å². The Kier molecular flexibility index (Phi) is 4.44. The molecule has 0 radical (unpaired) electrons. The van der Waals surface area contributed by atoms with Gasteiger partial charge < -0.3 is 5.32 Å². The predicted molar refractivity (Wildman–Crippen MR) is 69.4 cm³/mol. The highest BCUT2D eigenvalue weighted by atomic mass is 32.2. The van der Waals surface area contributed by atoms with Crippen LogP contribution < -0.4 is 5.32 Å². The lowest BCUT2D eigenvalue weighted by Crippen LogP contribution is -2.41. The van der Waals surface area contributed by atoms with Crippen LogP contribution in [0.5, 0.6) is 0 Å². The molecule has 100 valence electrons. The molecule has 1 saturated carbocycles. The molecule has 1 atom stereocenters. The van der Waals surface area contributed by atoms with E-state index in [4.69, 9.17) is 0 Å². The Balaban J connectivity index is 1.92. The molecule has 1 unspecified atom stereocenters. The largest absolute Gasteiger partial charge is 0.315 e. The quantitative estimate of drug-likeness (QED) is 0.826. The van der Waals surface area contributed by atoms with Crippen molar-refractivity contribution in [2.75, 3.05) is 25.9 Å². The molecular formula is C12H24N2O2S. The molecule has 0 bridgehead atoms. The van der Waals surface area contributed by atoms with Crippen molar-refractivity contribution in [3.63, 3.8) is 0 Å². The van der Waals surface area contributed by atoms with Crippen LogP contribution in [0.25, 0.3) is 0 Å². The van der Waals surface area contributed by atoms with Crippen molar-refractivity contribution >= 4 is 10.0 Å². The number of likely N-dealkylation sites (N-methyl/N-ethyl adjacent to an activating group) is 1. The molecule has 0 aromatic carbocycles. The molecule has 5 heteroatoms. The lowest BCUT2D eigenvalue weighted by molar-refractivity contribution is 0.356. The Morgan fingerprint density at radius 3 is 2.47 bits per heavy atom. The van der Waals surface area contributed by atoms with Crippen molar-refractivity contribution in [2.45, 2.75) is 44.6 Å². The number of rotatable bonds is 4. The Morgan fingerprint density at radius 2 is 1.88 bits per heavy atom. The summed E-state index contributed by atoms with van der Waals surface area (Å²) in [4.78, 5) is 0. The Hall–Kier alpha value is -0.130. The van der Waals surface area contributed by atoms with Gasteiger partial charge >= 0.3 is 0 Å². The predicted octanol–water partition coefficient (Wildman–Crippen LogP) is 1.19. The summed E-state index contributed by atoms with van der Waals surface area (Å²) < 4.78 is 26.2. The van der Waals surface area contributed by atoms with Gasteiger partial charge in [-0.05, 0) is 31.7 Å². The van der Waals surface area contributed by atoms with Crippen molar-refractivity contribution < 1.29 is 8.42 Å². The summed E-state index contributed by atoms with van der Waals surface area (Å²) in [6, 6.07) is 0.170. The molecule has 2 fully saturated rings. The van der Waals surface area contributed by atoms with Crippen LogP contribution in [-0.4, -0.2) is 44.7 Å². The van der Waals surface area contributed by atoms with E-state index in [1.165, 1.54) is 19.3 Å². The van der Waals surface area contributed by atoms with Crippen molar-refractivity contribution in [1.29, 1.82) is 0 Å². The van der Waals surface area contributed by atoms with E-state index in [0.29, 0.717) is 11.7 Å². The van der Waals surface area contributed by atoms with Gasteiger partial charge in [0.05, 0.1) is 5.75 Å². The molecule has 1 aliphatic carbocycles. The minimum atomic E-state index is -3.05. The lowest BCUT2D eigenvalue weighted by atomic mass is 9.91. The van der Waals surface area contributed by atoms with Crippen LogP contribution >= 0.6 is 0 Å². The fraction of sp³-hybridized carbons (Fsp3) is 1.00. The Bertz CT molecular complexity index is 330. The SMILES string of the molecule is CN(C1CCNC1)S(=O)(=O)CC1CCCCC1. The summed E-state index contributed by atoms with van der Waals surface area (Å²) in [7, 11) is -1.30. The first-order valence-corrected chi connectivity index (χ1v) is 8.37. The maximum Gasteiger partial charge on any atom is 0.214 e. The minimum absolute atomic E-state index is 0.170. The maximum absolute atomic E-state index is 12.3. The summed E-state index contributed by atoms with van der Waals surface area (Å²) >= 11 is 0. The number of hydrogen-bond donors (Lipinski definition) is 1. The van der Waals surface area contributed by atoms with E-state index in [9.17, 15) is 8.42 Å². The molecule has 0 aromatic rings. The summed E-state index contributed by atoms with van der Waals surface area (Å²) in [5, 5.41) is 3.22. The first-order valence-electron chi connectivity index (χ1n) is 6.76. The van der Waals surface area contributed by atoms with Crippen LogP contribution in [0, 0.1) is 5.92 Å². The highest BCUT2D eigenvalue weighted by Crippen LogP contribution is 2.26. The van der Waals surface area contributed by atoms with Gasteiger partial charge in [0.1, 0.15) is 0 Å². The monoisotopic (exact) mass is 260 g/mol. The molecule has 2 rings (SSSR count). The summed E-state index contributed by atoms with van der Waals surface area (Å²) in [5.41, 5.74) is 0. The average molecular weight is 260 g/mol. The molecular weight excluding hydrogens is 236 g/mol. The number of sulfonamides is 1. The van der Waals surface area contributed by atoms with E-state index < -0.39 is 10.0 Å². The Morgan fingerprint density at radius 1 is 1.18 bits per heavy atom. The zero-order valence-corrected chi connectivity index (χ0v) is 11.5. The second-order valence-electron chi connectivity index (χ2n) is 5.45.